The summed E-state index contributed by atoms with van der Waals surface area (Å²) >= 11 is 0. The van der Waals surface area contributed by atoms with Gasteiger partial charge in [0, 0.05) is 20.0 Å². The van der Waals surface area contributed by atoms with Gasteiger partial charge in [-0.25, -0.2) is 0 Å². The molecule has 6 nitrogen and oxygen atoms in total. The fourth-order valence-electron chi connectivity index (χ4n) is 4.16. The molecule has 0 radical (unpaired) electrons. The zero-order valence-corrected chi connectivity index (χ0v) is 19.6. The lowest BCUT2D eigenvalue weighted by Crippen LogP contribution is -2.30. The zero-order chi connectivity index (χ0) is 23.6. The highest BCUT2D eigenvalue weighted by Gasteiger charge is 2.15. The second kappa shape index (κ2) is 11.9. The van der Waals surface area contributed by atoms with Crippen molar-refractivity contribution in [3.05, 3.63) is 113 Å². The van der Waals surface area contributed by atoms with Crippen LogP contribution >= 0.6 is 0 Å². The van der Waals surface area contributed by atoms with E-state index in [0.717, 1.165) is 43.6 Å². The number of amides is 1. The number of carbonyl (C=O) groups is 1. The molecule has 0 aliphatic carbocycles. The molecule has 3 aromatic carbocycles. The number of aromatic amines is 1. The van der Waals surface area contributed by atoms with E-state index in [0.29, 0.717) is 12.3 Å². The summed E-state index contributed by atoms with van der Waals surface area (Å²) in [6, 6.07) is 29.3. The van der Waals surface area contributed by atoms with Gasteiger partial charge < -0.3 is 4.90 Å². The van der Waals surface area contributed by atoms with E-state index in [4.69, 9.17) is 0 Å². The van der Waals surface area contributed by atoms with Gasteiger partial charge >= 0.3 is 0 Å². The predicted octanol–water partition coefficient (Wildman–Crippen LogP) is 4.40. The van der Waals surface area contributed by atoms with Crippen molar-refractivity contribution in [1.82, 2.24) is 25.5 Å². The minimum atomic E-state index is 0.144. The van der Waals surface area contributed by atoms with Crippen molar-refractivity contribution in [2.75, 3.05) is 13.6 Å². The fourth-order valence-corrected chi connectivity index (χ4v) is 4.16. The maximum Gasteiger partial charge on any atom is 0.226 e. The van der Waals surface area contributed by atoms with E-state index in [9.17, 15) is 4.79 Å². The quantitative estimate of drug-likeness (QED) is 0.365. The van der Waals surface area contributed by atoms with Crippen molar-refractivity contribution >= 4 is 5.91 Å². The largest absolute Gasteiger partial charge is 0.345 e. The van der Waals surface area contributed by atoms with Crippen LogP contribution in [0.15, 0.2) is 84.9 Å². The minimum absolute atomic E-state index is 0.144. The van der Waals surface area contributed by atoms with Gasteiger partial charge in [0.2, 0.25) is 5.91 Å². The van der Waals surface area contributed by atoms with Crippen LogP contribution in [0, 0.1) is 0 Å². The number of H-pyrrole nitrogens is 1. The topological polar surface area (TPSA) is 74.8 Å². The van der Waals surface area contributed by atoms with Crippen LogP contribution in [-0.4, -0.2) is 45.0 Å². The molecule has 1 atom stereocenters. The Morgan fingerprint density at radius 2 is 1.53 bits per heavy atom. The second-order valence-electron chi connectivity index (χ2n) is 8.72. The summed E-state index contributed by atoms with van der Waals surface area (Å²) in [5.41, 5.74) is 4.86. The first kappa shape index (κ1) is 23.4. The number of benzene rings is 3. The van der Waals surface area contributed by atoms with Crippen LogP contribution in [0.5, 0.6) is 0 Å². The molecule has 1 amide bonds. The van der Waals surface area contributed by atoms with Gasteiger partial charge in [-0.1, -0.05) is 90.1 Å². The first-order valence-electron chi connectivity index (χ1n) is 11.8. The van der Waals surface area contributed by atoms with Crippen LogP contribution in [0.1, 0.15) is 40.4 Å². The highest BCUT2D eigenvalue weighted by atomic mass is 16.2. The summed E-state index contributed by atoms with van der Waals surface area (Å²) in [5.74, 6) is 1.24. The Balaban J connectivity index is 1.33. The van der Waals surface area contributed by atoms with Crippen molar-refractivity contribution in [1.29, 1.82) is 0 Å². The lowest BCUT2D eigenvalue weighted by atomic mass is 9.88. The maximum absolute atomic E-state index is 12.7. The third kappa shape index (κ3) is 6.85. The van der Waals surface area contributed by atoms with Gasteiger partial charge in [0.05, 0.1) is 6.42 Å². The molecule has 0 aliphatic rings. The summed E-state index contributed by atoms with van der Waals surface area (Å²) in [7, 11) is 1.88. The van der Waals surface area contributed by atoms with Crippen LogP contribution < -0.4 is 0 Å². The Kier molecular flexibility index (Phi) is 8.17. The molecule has 174 valence electrons. The number of hydrogen-bond acceptors (Lipinski definition) is 4. The SMILES string of the molecule is CN(CCc1ccccc1)C(=O)Cc1ccc(CC(CCc2nn[nH]n2)c2ccccc2)cc1. The standard InChI is InChI=1S/C28H31N5O/c1-33(19-18-22-8-4-2-5-9-22)28(34)21-24-14-12-23(13-15-24)20-26(25-10-6-3-7-11-25)16-17-27-29-31-32-30-27/h2-15,26H,16-21H2,1H3,(H,29,30,31,32). The predicted molar refractivity (Wildman–Crippen MR) is 133 cm³/mol. The second-order valence-corrected chi connectivity index (χ2v) is 8.72. The third-order valence-electron chi connectivity index (χ3n) is 6.24. The van der Waals surface area contributed by atoms with E-state index < -0.39 is 0 Å². The molecule has 6 heteroatoms. The number of aromatic nitrogens is 4. The Labute approximate surface area is 201 Å². The molecular formula is C28H31N5O. The number of carbonyl (C=O) groups excluding carboxylic acids is 1. The minimum Gasteiger partial charge on any atom is -0.345 e. The Morgan fingerprint density at radius 1 is 0.853 bits per heavy atom. The molecule has 0 aliphatic heterocycles. The number of hydrogen-bond donors (Lipinski definition) is 1. The summed E-state index contributed by atoms with van der Waals surface area (Å²) in [6.07, 6.45) is 3.93. The van der Waals surface area contributed by atoms with Crippen molar-refractivity contribution < 1.29 is 4.79 Å². The Bertz CT molecular complexity index is 1130. The number of tetrazole rings is 1. The molecule has 0 bridgehead atoms. The molecule has 1 unspecified atom stereocenters. The molecular weight excluding hydrogens is 422 g/mol. The van der Waals surface area contributed by atoms with E-state index in [1.165, 1.54) is 16.7 Å². The average Bonchev–Trinajstić information content (AvgIpc) is 3.41. The van der Waals surface area contributed by atoms with Crippen LogP contribution in [0.25, 0.3) is 0 Å². The average molecular weight is 454 g/mol. The van der Waals surface area contributed by atoms with E-state index in [1.807, 2.05) is 36.2 Å². The molecule has 4 rings (SSSR count). The monoisotopic (exact) mass is 453 g/mol. The van der Waals surface area contributed by atoms with Gasteiger partial charge in [-0.05, 0) is 47.4 Å². The zero-order valence-electron chi connectivity index (χ0n) is 19.6. The van der Waals surface area contributed by atoms with E-state index in [2.05, 4.69) is 81.3 Å². The molecule has 1 heterocycles. The maximum atomic E-state index is 12.7. The van der Waals surface area contributed by atoms with Gasteiger partial charge in [0.25, 0.3) is 0 Å². The molecule has 0 fully saturated rings. The molecule has 0 spiro atoms. The molecule has 4 aromatic rings. The van der Waals surface area contributed by atoms with Crippen molar-refractivity contribution in [2.45, 2.75) is 38.0 Å². The van der Waals surface area contributed by atoms with Crippen LogP contribution in [0.2, 0.25) is 0 Å². The Morgan fingerprint density at radius 3 is 2.21 bits per heavy atom. The van der Waals surface area contributed by atoms with Gasteiger partial charge in [-0.3, -0.25) is 4.79 Å². The fraction of sp³-hybridized carbons (Fsp3) is 0.286. The van der Waals surface area contributed by atoms with Crippen molar-refractivity contribution in [3.8, 4) is 0 Å². The number of nitrogens with zero attached hydrogens (tertiary/aromatic N) is 4. The first-order valence-corrected chi connectivity index (χ1v) is 11.8. The summed E-state index contributed by atoms with van der Waals surface area (Å²) in [4.78, 5) is 14.5. The summed E-state index contributed by atoms with van der Waals surface area (Å²) in [6.45, 7) is 0.722. The highest BCUT2D eigenvalue weighted by Crippen LogP contribution is 2.26. The number of rotatable bonds is 11. The molecule has 0 saturated heterocycles. The Hall–Kier alpha value is -3.80. The van der Waals surface area contributed by atoms with Crippen LogP contribution in [-0.2, 0) is 30.5 Å². The number of likely N-dealkylation sites (N-methyl/N-ethyl adjacent to an activating group) is 1. The van der Waals surface area contributed by atoms with E-state index in [-0.39, 0.29) is 5.91 Å². The summed E-state index contributed by atoms with van der Waals surface area (Å²) < 4.78 is 0. The van der Waals surface area contributed by atoms with Gasteiger partial charge in [-0.2, -0.15) is 5.21 Å². The van der Waals surface area contributed by atoms with E-state index in [1.54, 1.807) is 0 Å². The highest BCUT2D eigenvalue weighted by molar-refractivity contribution is 5.78. The molecule has 0 saturated carbocycles. The van der Waals surface area contributed by atoms with Crippen molar-refractivity contribution in [2.24, 2.45) is 0 Å². The van der Waals surface area contributed by atoms with Gasteiger partial charge in [-0.15, -0.1) is 10.2 Å². The molecule has 1 N–H and O–H groups in total. The molecule has 1 aromatic heterocycles. The van der Waals surface area contributed by atoms with Gasteiger partial charge in [0.1, 0.15) is 0 Å². The van der Waals surface area contributed by atoms with Gasteiger partial charge in [0.15, 0.2) is 5.82 Å². The first-order chi connectivity index (χ1) is 16.7. The van der Waals surface area contributed by atoms with Crippen LogP contribution in [0.3, 0.4) is 0 Å². The lowest BCUT2D eigenvalue weighted by Gasteiger charge is -2.18. The smallest absolute Gasteiger partial charge is 0.226 e. The van der Waals surface area contributed by atoms with Crippen molar-refractivity contribution in [3.63, 3.8) is 0 Å². The number of aryl methyl sites for hydroxylation is 1. The molecule has 34 heavy (non-hydrogen) atoms. The van der Waals surface area contributed by atoms with Crippen LogP contribution in [0.4, 0.5) is 0 Å². The normalized spacial score (nSPS) is 11.8. The number of nitrogens with one attached hydrogen (secondary N) is 1. The third-order valence-corrected chi connectivity index (χ3v) is 6.24. The summed E-state index contributed by atoms with van der Waals surface area (Å²) in [5, 5.41) is 14.4. The lowest BCUT2D eigenvalue weighted by molar-refractivity contribution is -0.129. The van der Waals surface area contributed by atoms with E-state index >= 15 is 0 Å².